The molecule has 0 heterocycles. The van der Waals surface area contributed by atoms with Crippen molar-refractivity contribution in [2.45, 2.75) is 19.3 Å². The van der Waals surface area contributed by atoms with Gasteiger partial charge in [-0.05, 0) is 117 Å². The standard InChI is InChI=1S/C49H34/c1-49(2)45-30-35(25-26-39(45)44-27-24-32-13-5-6-17-38(32)48(44)49)34-15-11-16-36(29-34)46-40-18-7-9-20-42(40)47(43-21-10-8-19-41(43)46)37-23-22-31-12-3-4-14-33(31)28-37/h3-30H,1-2H3. The summed E-state index contributed by atoms with van der Waals surface area (Å²) in [5.74, 6) is 0. The topological polar surface area (TPSA) is 0 Å². The van der Waals surface area contributed by atoms with E-state index in [9.17, 15) is 0 Å². The molecule has 9 aromatic rings. The quantitative estimate of drug-likeness (QED) is 0.172. The molecule has 0 amide bonds. The van der Waals surface area contributed by atoms with Crippen molar-refractivity contribution in [2.75, 3.05) is 0 Å². The summed E-state index contributed by atoms with van der Waals surface area (Å²) in [5, 5.41) is 10.3. The van der Waals surface area contributed by atoms with Crippen LogP contribution in [0.5, 0.6) is 0 Å². The Bertz CT molecular complexity index is 2740. The van der Waals surface area contributed by atoms with E-state index < -0.39 is 0 Å². The zero-order chi connectivity index (χ0) is 32.7. The third-order valence-electron chi connectivity index (χ3n) is 11.0. The average Bonchev–Trinajstić information content (AvgIpc) is 3.39. The van der Waals surface area contributed by atoms with Crippen LogP contribution in [0.15, 0.2) is 170 Å². The van der Waals surface area contributed by atoms with Gasteiger partial charge < -0.3 is 0 Å². The van der Waals surface area contributed by atoms with E-state index in [4.69, 9.17) is 0 Å². The Hall–Kier alpha value is -5.98. The molecule has 9 aromatic carbocycles. The molecule has 0 saturated carbocycles. The maximum atomic E-state index is 2.45. The molecule has 1 aliphatic rings. The zero-order valence-electron chi connectivity index (χ0n) is 27.7. The van der Waals surface area contributed by atoms with Gasteiger partial charge in [-0.2, -0.15) is 0 Å². The van der Waals surface area contributed by atoms with Crippen molar-refractivity contribution in [1.82, 2.24) is 0 Å². The van der Waals surface area contributed by atoms with E-state index in [0.29, 0.717) is 0 Å². The average molecular weight is 623 g/mol. The van der Waals surface area contributed by atoms with Crippen LogP contribution >= 0.6 is 0 Å². The van der Waals surface area contributed by atoms with Crippen LogP contribution in [-0.4, -0.2) is 0 Å². The molecule has 0 heteroatoms. The highest BCUT2D eigenvalue weighted by atomic mass is 14.4. The van der Waals surface area contributed by atoms with Gasteiger partial charge in [-0.25, -0.2) is 0 Å². The Morgan fingerprint density at radius 2 is 0.816 bits per heavy atom. The lowest BCUT2D eigenvalue weighted by atomic mass is 9.79. The number of rotatable bonds is 3. The van der Waals surface area contributed by atoms with E-state index in [1.165, 1.54) is 98.7 Å². The fourth-order valence-electron chi connectivity index (χ4n) is 8.73. The molecule has 0 fully saturated rings. The summed E-state index contributed by atoms with van der Waals surface area (Å²) in [7, 11) is 0. The maximum absolute atomic E-state index is 2.45. The number of benzene rings is 9. The third-order valence-corrected chi connectivity index (χ3v) is 11.0. The van der Waals surface area contributed by atoms with E-state index in [2.05, 4.69) is 184 Å². The van der Waals surface area contributed by atoms with Gasteiger partial charge in [0.25, 0.3) is 0 Å². The van der Waals surface area contributed by atoms with E-state index in [1.807, 2.05) is 0 Å². The highest BCUT2D eigenvalue weighted by Crippen LogP contribution is 2.52. The predicted molar refractivity (Wildman–Crippen MR) is 210 cm³/mol. The van der Waals surface area contributed by atoms with Gasteiger partial charge >= 0.3 is 0 Å². The molecule has 0 N–H and O–H groups in total. The Kier molecular flexibility index (Phi) is 6.02. The van der Waals surface area contributed by atoms with Crippen molar-refractivity contribution in [1.29, 1.82) is 0 Å². The molecule has 0 unspecified atom stereocenters. The molecule has 0 nitrogen and oxygen atoms in total. The SMILES string of the molecule is CC1(C)c2cc(-c3cccc(-c4c5ccccc5c(-c5ccc6ccccc6c5)c5ccccc45)c3)ccc2-c2ccc3ccccc3c21. The molecule has 0 bridgehead atoms. The summed E-state index contributed by atoms with van der Waals surface area (Å²) in [6.07, 6.45) is 0. The third kappa shape index (κ3) is 4.17. The van der Waals surface area contributed by atoms with E-state index >= 15 is 0 Å². The molecule has 10 rings (SSSR count). The van der Waals surface area contributed by atoms with Crippen molar-refractivity contribution in [2.24, 2.45) is 0 Å². The molecule has 0 radical (unpaired) electrons. The van der Waals surface area contributed by atoms with Crippen LogP contribution in [0.2, 0.25) is 0 Å². The molecule has 0 spiro atoms. The molecule has 0 aromatic heterocycles. The Labute approximate surface area is 286 Å². The van der Waals surface area contributed by atoms with Crippen molar-refractivity contribution in [3.8, 4) is 44.5 Å². The molecule has 0 atom stereocenters. The fourth-order valence-corrected chi connectivity index (χ4v) is 8.73. The number of hydrogen-bond donors (Lipinski definition) is 0. The van der Waals surface area contributed by atoms with Crippen LogP contribution < -0.4 is 0 Å². The first-order chi connectivity index (χ1) is 24.1. The molecular formula is C49H34. The first kappa shape index (κ1) is 28.1. The minimum absolute atomic E-state index is 0.0931. The first-order valence-corrected chi connectivity index (χ1v) is 17.3. The summed E-state index contributed by atoms with van der Waals surface area (Å²) in [4.78, 5) is 0. The van der Waals surface area contributed by atoms with Crippen LogP contribution in [0.1, 0.15) is 25.0 Å². The molecule has 0 saturated heterocycles. The number of fused-ring (bicyclic) bond motifs is 8. The Morgan fingerprint density at radius 1 is 0.327 bits per heavy atom. The monoisotopic (exact) mass is 622 g/mol. The van der Waals surface area contributed by atoms with Crippen molar-refractivity contribution >= 4 is 43.1 Å². The lowest BCUT2D eigenvalue weighted by Crippen LogP contribution is -2.15. The largest absolute Gasteiger partial charge is 0.0616 e. The van der Waals surface area contributed by atoms with E-state index in [1.54, 1.807) is 0 Å². The van der Waals surface area contributed by atoms with Crippen LogP contribution in [-0.2, 0) is 5.41 Å². The Morgan fingerprint density at radius 3 is 1.51 bits per heavy atom. The molecule has 49 heavy (non-hydrogen) atoms. The lowest BCUT2D eigenvalue weighted by Gasteiger charge is -2.23. The molecule has 0 aliphatic heterocycles. The second kappa shape index (κ2) is 10.5. The molecular weight excluding hydrogens is 589 g/mol. The lowest BCUT2D eigenvalue weighted by molar-refractivity contribution is 0.666. The fraction of sp³-hybridized carbons (Fsp3) is 0.0612. The second-order valence-corrected chi connectivity index (χ2v) is 14.1. The second-order valence-electron chi connectivity index (χ2n) is 14.1. The van der Waals surface area contributed by atoms with Gasteiger partial charge in [0.05, 0.1) is 0 Å². The minimum Gasteiger partial charge on any atom is -0.0616 e. The normalized spacial score (nSPS) is 13.3. The van der Waals surface area contributed by atoms with Crippen molar-refractivity contribution < 1.29 is 0 Å². The maximum Gasteiger partial charge on any atom is 0.0165 e. The highest BCUT2D eigenvalue weighted by Gasteiger charge is 2.37. The first-order valence-electron chi connectivity index (χ1n) is 17.3. The zero-order valence-corrected chi connectivity index (χ0v) is 27.7. The van der Waals surface area contributed by atoms with Gasteiger partial charge in [-0.15, -0.1) is 0 Å². The predicted octanol–water partition coefficient (Wildman–Crippen LogP) is 13.6. The van der Waals surface area contributed by atoms with Crippen LogP contribution in [0, 0.1) is 0 Å². The van der Waals surface area contributed by atoms with E-state index in [-0.39, 0.29) is 5.41 Å². The van der Waals surface area contributed by atoms with Gasteiger partial charge in [0.1, 0.15) is 0 Å². The van der Waals surface area contributed by atoms with Crippen LogP contribution in [0.25, 0.3) is 87.6 Å². The summed E-state index contributed by atoms with van der Waals surface area (Å²) in [6, 6.07) is 63.1. The molecule has 1 aliphatic carbocycles. The van der Waals surface area contributed by atoms with Gasteiger partial charge in [-0.1, -0.05) is 166 Å². The molecule has 230 valence electrons. The van der Waals surface area contributed by atoms with Gasteiger partial charge in [0, 0.05) is 5.41 Å². The number of hydrogen-bond acceptors (Lipinski definition) is 0. The minimum atomic E-state index is -0.0931. The summed E-state index contributed by atoms with van der Waals surface area (Å²) in [6.45, 7) is 4.78. The van der Waals surface area contributed by atoms with Gasteiger partial charge in [-0.3, -0.25) is 0 Å². The Balaban J connectivity index is 1.15. The summed E-state index contributed by atoms with van der Waals surface area (Å²) < 4.78 is 0. The van der Waals surface area contributed by atoms with Crippen molar-refractivity contribution in [3.63, 3.8) is 0 Å². The van der Waals surface area contributed by atoms with E-state index in [0.717, 1.165) is 0 Å². The van der Waals surface area contributed by atoms with Crippen LogP contribution in [0.3, 0.4) is 0 Å². The smallest absolute Gasteiger partial charge is 0.0165 e. The summed E-state index contributed by atoms with van der Waals surface area (Å²) >= 11 is 0. The van der Waals surface area contributed by atoms with Crippen molar-refractivity contribution in [3.05, 3.63) is 181 Å². The highest BCUT2D eigenvalue weighted by molar-refractivity contribution is 6.21. The van der Waals surface area contributed by atoms with Gasteiger partial charge in [0.15, 0.2) is 0 Å². The van der Waals surface area contributed by atoms with Gasteiger partial charge in [0.2, 0.25) is 0 Å². The summed E-state index contributed by atoms with van der Waals surface area (Å²) in [5.41, 5.74) is 13.0. The van der Waals surface area contributed by atoms with Crippen LogP contribution in [0.4, 0.5) is 0 Å².